The first-order valence-corrected chi connectivity index (χ1v) is 7.18. The van der Waals surface area contributed by atoms with Gasteiger partial charge in [-0.3, -0.25) is 5.41 Å². The van der Waals surface area contributed by atoms with Crippen LogP contribution in [0.2, 0.25) is 0 Å². The Hall–Kier alpha value is -1.65. The van der Waals surface area contributed by atoms with Crippen LogP contribution in [0.4, 0.5) is 0 Å². The third-order valence-corrected chi connectivity index (χ3v) is 5.89. The molecule has 0 radical (unpaired) electrons. The van der Waals surface area contributed by atoms with Gasteiger partial charge in [-0.15, -0.1) is 0 Å². The van der Waals surface area contributed by atoms with Gasteiger partial charge in [0.2, 0.25) is 5.88 Å². The van der Waals surface area contributed by atoms with Gasteiger partial charge in [-0.25, -0.2) is 9.97 Å². The largest absolute Gasteiger partial charge is 0.472 e. The standard InChI is InChI=1S/C15H22N4O/c1-14(2)9-4-5-15(14,3)10(8-9)20-13-11(12(16)17)18-6-7-19-13/h6-7,9-10H,4-5,8H2,1-3H3,(H3,16,17). The van der Waals surface area contributed by atoms with E-state index in [9.17, 15) is 0 Å². The van der Waals surface area contributed by atoms with Crippen LogP contribution >= 0.6 is 0 Å². The molecule has 0 saturated heterocycles. The lowest BCUT2D eigenvalue weighted by molar-refractivity contribution is 0.0269. The normalized spacial score (nSPS) is 34.1. The molecule has 0 spiro atoms. The lowest BCUT2D eigenvalue weighted by atomic mass is 9.70. The Morgan fingerprint density at radius 2 is 2.05 bits per heavy atom. The van der Waals surface area contributed by atoms with Crippen molar-refractivity contribution in [3.63, 3.8) is 0 Å². The van der Waals surface area contributed by atoms with Crippen LogP contribution in [0.25, 0.3) is 0 Å². The van der Waals surface area contributed by atoms with E-state index in [0.29, 0.717) is 17.5 Å². The number of aromatic nitrogens is 2. The molecular formula is C15H22N4O. The predicted molar refractivity (Wildman–Crippen MR) is 76.7 cm³/mol. The molecule has 0 amide bonds. The summed E-state index contributed by atoms with van der Waals surface area (Å²) in [5.41, 5.74) is 6.34. The summed E-state index contributed by atoms with van der Waals surface area (Å²) in [4.78, 5) is 8.32. The number of nitrogen functional groups attached to an aromatic ring is 1. The van der Waals surface area contributed by atoms with E-state index >= 15 is 0 Å². The molecule has 3 atom stereocenters. The van der Waals surface area contributed by atoms with E-state index in [0.717, 1.165) is 6.42 Å². The van der Waals surface area contributed by atoms with Gasteiger partial charge in [0.1, 0.15) is 11.9 Å². The molecule has 2 bridgehead atoms. The highest BCUT2D eigenvalue weighted by Gasteiger charge is 2.62. The highest BCUT2D eigenvalue weighted by Crippen LogP contribution is 2.66. The lowest BCUT2D eigenvalue weighted by Crippen LogP contribution is -2.39. The lowest BCUT2D eigenvalue weighted by Gasteiger charge is -2.38. The third kappa shape index (κ3) is 1.65. The minimum absolute atomic E-state index is 0.0966. The van der Waals surface area contributed by atoms with Crippen LogP contribution < -0.4 is 10.5 Å². The Balaban J connectivity index is 1.89. The summed E-state index contributed by atoms with van der Waals surface area (Å²) in [5, 5.41) is 7.58. The number of rotatable bonds is 3. The van der Waals surface area contributed by atoms with Gasteiger partial charge in [0.25, 0.3) is 0 Å². The quantitative estimate of drug-likeness (QED) is 0.654. The van der Waals surface area contributed by atoms with E-state index in [1.807, 2.05) is 0 Å². The second-order valence-electron chi connectivity index (χ2n) is 6.84. The Kier molecular flexibility index (Phi) is 2.78. The monoisotopic (exact) mass is 274 g/mol. The van der Waals surface area contributed by atoms with Crippen LogP contribution in [0.1, 0.15) is 45.7 Å². The maximum atomic E-state index is 7.58. The number of hydrogen-bond acceptors (Lipinski definition) is 4. The molecule has 3 unspecified atom stereocenters. The number of nitrogens with two attached hydrogens (primary N) is 1. The first-order valence-electron chi connectivity index (χ1n) is 7.18. The number of nitrogens with one attached hydrogen (secondary N) is 1. The van der Waals surface area contributed by atoms with Crippen molar-refractivity contribution in [2.45, 2.75) is 46.1 Å². The average molecular weight is 274 g/mol. The van der Waals surface area contributed by atoms with Crippen molar-refractivity contribution in [2.24, 2.45) is 22.5 Å². The highest BCUT2D eigenvalue weighted by molar-refractivity contribution is 5.94. The van der Waals surface area contributed by atoms with Gasteiger partial charge in [0.05, 0.1) is 0 Å². The molecule has 1 aromatic heterocycles. The number of ether oxygens (including phenoxy) is 1. The van der Waals surface area contributed by atoms with E-state index < -0.39 is 0 Å². The Morgan fingerprint density at radius 1 is 1.35 bits per heavy atom. The minimum atomic E-state index is -0.0966. The van der Waals surface area contributed by atoms with E-state index in [4.69, 9.17) is 15.9 Å². The molecule has 2 aliphatic carbocycles. The molecule has 3 rings (SSSR count). The summed E-state index contributed by atoms with van der Waals surface area (Å²) in [5.74, 6) is 1.00. The molecule has 108 valence electrons. The highest BCUT2D eigenvalue weighted by atomic mass is 16.5. The summed E-state index contributed by atoms with van der Waals surface area (Å²) in [7, 11) is 0. The minimum Gasteiger partial charge on any atom is -0.472 e. The van der Waals surface area contributed by atoms with Gasteiger partial charge >= 0.3 is 0 Å². The maximum absolute atomic E-state index is 7.58. The van der Waals surface area contributed by atoms with Crippen molar-refractivity contribution in [2.75, 3.05) is 0 Å². The molecule has 1 heterocycles. The van der Waals surface area contributed by atoms with E-state index in [2.05, 4.69) is 30.7 Å². The number of fused-ring (bicyclic) bond motifs is 2. The summed E-state index contributed by atoms with van der Waals surface area (Å²) in [6, 6.07) is 0. The van der Waals surface area contributed by atoms with E-state index in [1.165, 1.54) is 19.0 Å². The fourth-order valence-electron chi connectivity index (χ4n) is 4.04. The zero-order valence-corrected chi connectivity index (χ0v) is 12.3. The van der Waals surface area contributed by atoms with Crippen molar-refractivity contribution >= 4 is 5.84 Å². The second kappa shape index (κ2) is 4.17. The van der Waals surface area contributed by atoms with Gasteiger partial charge in [-0.2, -0.15) is 0 Å². The van der Waals surface area contributed by atoms with Gasteiger partial charge in [-0.05, 0) is 30.6 Å². The maximum Gasteiger partial charge on any atom is 0.244 e. The number of nitrogens with zero attached hydrogens (tertiary/aromatic N) is 2. The van der Waals surface area contributed by atoms with Crippen molar-refractivity contribution in [3.05, 3.63) is 18.1 Å². The Morgan fingerprint density at radius 3 is 2.60 bits per heavy atom. The second-order valence-corrected chi connectivity index (χ2v) is 6.84. The molecule has 5 heteroatoms. The molecule has 20 heavy (non-hydrogen) atoms. The molecule has 0 aromatic carbocycles. The summed E-state index contributed by atoms with van der Waals surface area (Å²) < 4.78 is 6.15. The zero-order chi connectivity index (χ0) is 14.5. The Bertz CT molecular complexity index is 557. The van der Waals surface area contributed by atoms with Gasteiger partial charge < -0.3 is 10.5 Å². The summed E-state index contributed by atoms with van der Waals surface area (Å²) in [6.07, 6.45) is 6.77. The van der Waals surface area contributed by atoms with Gasteiger partial charge in [0.15, 0.2) is 5.69 Å². The van der Waals surface area contributed by atoms with Crippen LogP contribution in [0.5, 0.6) is 5.88 Å². The Labute approximate surface area is 119 Å². The summed E-state index contributed by atoms with van der Waals surface area (Å²) in [6.45, 7) is 7.00. The first kappa shape index (κ1) is 13.3. The molecule has 2 fully saturated rings. The van der Waals surface area contributed by atoms with Gasteiger partial charge in [0, 0.05) is 17.8 Å². The topological polar surface area (TPSA) is 84.9 Å². The third-order valence-electron chi connectivity index (χ3n) is 5.89. The SMILES string of the molecule is CC1(C)C2CCC1(C)C(Oc1nccnc1C(=N)N)C2. The van der Waals surface area contributed by atoms with Crippen molar-refractivity contribution in [3.8, 4) is 5.88 Å². The number of amidine groups is 1. The molecular weight excluding hydrogens is 252 g/mol. The number of hydrogen-bond donors (Lipinski definition) is 2. The van der Waals surface area contributed by atoms with Crippen LogP contribution in [0.3, 0.4) is 0 Å². The smallest absolute Gasteiger partial charge is 0.244 e. The molecule has 5 nitrogen and oxygen atoms in total. The predicted octanol–water partition coefficient (Wildman–Crippen LogP) is 2.35. The van der Waals surface area contributed by atoms with E-state index in [1.54, 1.807) is 6.20 Å². The summed E-state index contributed by atoms with van der Waals surface area (Å²) >= 11 is 0. The van der Waals surface area contributed by atoms with E-state index in [-0.39, 0.29) is 22.8 Å². The fraction of sp³-hybridized carbons (Fsp3) is 0.667. The first-order chi connectivity index (χ1) is 9.36. The molecule has 2 saturated carbocycles. The molecule has 0 aliphatic heterocycles. The van der Waals surface area contributed by atoms with Crippen LogP contribution in [-0.2, 0) is 0 Å². The van der Waals surface area contributed by atoms with Crippen molar-refractivity contribution in [1.82, 2.24) is 9.97 Å². The van der Waals surface area contributed by atoms with Crippen molar-refractivity contribution < 1.29 is 4.74 Å². The van der Waals surface area contributed by atoms with Crippen LogP contribution in [0, 0.1) is 22.2 Å². The zero-order valence-electron chi connectivity index (χ0n) is 12.3. The van der Waals surface area contributed by atoms with Crippen molar-refractivity contribution in [1.29, 1.82) is 5.41 Å². The molecule has 3 N–H and O–H groups in total. The van der Waals surface area contributed by atoms with Gasteiger partial charge in [-0.1, -0.05) is 20.8 Å². The molecule has 1 aromatic rings. The fourth-order valence-corrected chi connectivity index (χ4v) is 4.04. The van der Waals surface area contributed by atoms with Crippen LogP contribution in [-0.4, -0.2) is 21.9 Å². The van der Waals surface area contributed by atoms with Crippen LogP contribution in [0.15, 0.2) is 12.4 Å². The molecule has 2 aliphatic rings. The average Bonchev–Trinajstić information content (AvgIpc) is 2.72.